The van der Waals surface area contributed by atoms with Gasteiger partial charge in [-0.1, -0.05) is 18.2 Å². The average molecular weight is 344 g/mol. The van der Waals surface area contributed by atoms with E-state index in [0.29, 0.717) is 5.56 Å². The minimum atomic E-state index is -1.09. The molecular weight excluding hydrogens is 324 g/mol. The second kappa shape index (κ2) is 7.90. The summed E-state index contributed by atoms with van der Waals surface area (Å²) in [5.41, 5.74) is 0.279. The summed E-state index contributed by atoms with van der Waals surface area (Å²) in [5, 5.41) is 17.5. The summed E-state index contributed by atoms with van der Waals surface area (Å²) in [6.45, 7) is 1.80. The summed E-state index contributed by atoms with van der Waals surface area (Å²) in [7, 11) is 1.57. The summed E-state index contributed by atoms with van der Waals surface area (Å²) in [6, 6.07) is 10.6. The maximum absolute atomic E-state index is 11.9. The van der Waals surface area contributed by atoms with Gasteiger partial charge in [-0.05, 0) is 42.1 Å². The molecule has 2 rings (SSSR count). The van der Waals surface area contributed by atoms with Crippen molar-refractivity contribution >= 4 is 29.2 Å². The van der Waals surface area contributed by atoms with Gasteiger partial charge in [0.15, 0.2) is 0 Å². The molecule has 2 amide bonds. The van der Waals surface area contributed by atoms with Gasteiger partial charge in [0, 0.05) is 23.6 Å². The van der Waals surface area contributed by atoms with Gasteiger partial charge in [0.1, 0.15) is 5.60 Å². The van der Waals surface area contributed by atoms with Crippen LogP contribution in [0.2, 0.25) is 0 Å². The first-order valence-electron chi connectivity index (χ1n) is 7.47. The monoisotopic (exact) mass is 344 g/mol. The van der Waals surface area contributed by atoms with Crippen molar-refractivity contribution < 1.29 is 14.7 Å². The van der Waals surface area contributed by atoms with Gasteiger partial charge in [-0.15, -0.1) is 11.3 Å². The summed E-state index contributed by atoms with van der Waals surface area (Å²) in [5.74, 6) is -0.443. The molecule has 126 valence electrons. The molecule has 1 atom stereocenters. The molecule has 0 bridgehead atoms. The second-order valence-electron chi connectivity index (χ2n) is 5.50. The Kier molecular flexibility index (Phi) is 5.89. The second-order valence-corrected chi connectivity index (χ2v) is 6.45. The van der Waals surface area contributed by atoms with E-state index >= 15 is 0 Å². The van der Waals surface area contributed by atoms with Gasteiger partial charge < -0.3 is 15.7 Å². The van der Waals surface area contributed by atoms with Crippen molar-refractivity contribution in [1.29, 1.82) is 0 Å². The van der Waals surface area contributed by atoms with E-state index in [1.54, 1.807) is 44.3 Å². The van der Waals surface area contributed by atoms with E-state index in [1.807, 2.05) is 17.5 Å². The smallest absolute Gasteiger partial charge is 0.251 e. The van der Waals surface area contributed by atoms with Crippen molar-refractivity contribution in [2.75, 3.05) is 13.6 Å². The van der Waals surface area contributed by atoms with E-state index in [0.717, 1.165) is 10.4 Å². The number of aliphatic hydroxyl groups is 1. The lowest BCUT2D eigenvalue weighted by Gasteiger charge is -2.21. The average Bonchev–Trinajstić information content (AvgIpc) is 3.13. The Labute approximate surface area is 145 Å². The van der Waals surface area contributed by atoms with Crippen LogP contribution in [0.1, 0.15) is 27.7 Å². The molecular formula is C18H20N2O3S. The van der Waals surface area contributed by atoms with Crippen LogP contribution in [0.5, 0.6) is 0 Å². The molecule has 1 heterocycles. The fourth-order valence-electron chi connectivity index (χ4n) is 2.05. The highest BCUT2D eigenvalue weighted by Gasteiger charge is 2.24. The van der Waals surface area contributed by atoms with Crippen LogP contribution in [0.3, 0.4) is 0 Å². The summed E-state index contributed by atoms with van der Waals surface area (Å²) < 4.78 is 0. The molecule has 0 saturated carbocycles. The fourth-order valence-corrected chi connectivity index (χ4v) is 2.84. The normalized spacial score (nSPS) is 13.5. The lowest BCUT2D eigenvalue weighted by Crippen LogP contribution is -2.37. The van der Waals surface area contributed by atoms with Crippen molar-refractivity contribution in [2.24, 2.45) is 0 Å². The number of hydrogen-bond donors (Lipinski definition) is 3. The number of hydrogen-bond acceptors (Lipinski definition) is 4. The molecule has 24 heavy (non-hydrogen) atoms. The quantitative estimate of drug-likeness (QED) is 0.703. The largest absolute Gasteiger partial charge is 0.383 e. The minimum absolute atomic E-state index is 0.131. The SMILES string of the molecule is CNC(=O)c1ccc(/C=C/C(=O)NCC(C)(O)c2cccs2)cc1. The van der Waals surface area contributed by atoms with Crippen LogP contribution >= 0.6 is 11.3 Å². The summed E-state index contributed by atoms with van der Waals surface area (Å²) >= 11 is 1.45. The lowest BCUT2D eigenvalue weighted by molar-refractivity contribution is -0.117. The van der Waals surface area contributed by atoms with Gasteiger partial charge in [0.2, 0.25) is 5.91 Å². The molecule has 1 aromatic heterocycles. The van der Waals surface area contributed by atoms with E-state index in [-0.39, 0.29) is 18.4 Å². The lowest BCUT2D eigenvalue weighted by atomic mass is 10.1. The molecule has 5 nitrogen and oxygen atoms in total. The van der Waals surface area contributed by atoms with Crippen LogP contribution in [0.25, 0.3) is 6.08 Å². The number of amides is 2. The molecule has 0 spiro atoms. The number of carbonyl (C=O) groups is 2. The Morgan fingerprint density at radius 3 is 2.54 bits per heavy atom. The van der Waals surface area contributed by atoms with E-state index in [4.69, 9.17) is 0 Å². The molecule has 0 aliphatic carbocycles. The third-order valence-electron chi connectivity index (χ3n) is 3.49. The van der Waals surface area contributed by atoms with Crippen LogP contribution in [-0.4, -0.2) is 30.5 Å². The molecule has 2 aromatic rings. The van der Waals surface area contributed by atoms with Crippen LogP contribution in [0.4, 0.5) is 0 Å². The zero-order chi connectivity index (χ0) is 17.6. The Morgan fingerprint density at radius 1 is 1.25 bits per heavy atom. The van der Waals surface area contributed by atoms with Crippen LogP contribution in [0, 0.1) is 0 Å². The number of thiophene rings is 1. The number of rotatable bonds is 6. The molecule has 0 fully saturated rings. The van der Waals surface area contributed by atoms with Crippen molar-refractivity contribution in [3.8, 4) is 0 Å². The summed E-state index contributed by atoms with van der Waals surface area (Å²) in [4.78, 5) is 24.1. The first kappa shape index (κ1) is 17.9. The zero-order valence-electron chi connectivity index (χ0n) is 13.6. The fraction of sp³-hybridized carbons (Fsp3) is 0.222. The van der Waals surface area contributed by atoms with Crippen LogP contribution < -0.4 is 10.6 Å². The van der Waals surface area contributed by atoms with Crippen molar-refractivity contribution in [2.45, 2.75) is 12.5 Å². The number of benzene rings is 1. The maximum atomic E-state index is 11.9. The molecule has 6 heteroatoms. The topological polar surface area (TPSA) is 78.4 Å². The summed E-state index contributed by atoms with van der Waals surface area (Å²) in [6.07, 6.45) is 3.06. The van der Waals surface area contributed by atoms with Gasteiger partial charge >= 0.3 is 0 Å². The number of carbonyl (C=O) groups excluding carboxylic acids is 2. The van der Waals surface area contributed by atoms with E-state index in [1.165, 1.54) is 17.4 Å². The van der Waals surface area contributed by atoms with Gasteiger partial charge in [0.05, 0.1) is 6.54 Å². The van der Waals surface area contributed by atoms with E-state index in [9.17, 15) is 14.7 Å². The molecule has 1 unspecified atom stereocenters. The highest BCUT2D eigenvalue weighted by Crippen LogP contribution is 2.24. The Hall–Kier alpha value is -2.44. The molecule has 0 saturated heterocycles. The first-order chi connectivity index (χ1) is 11.4. The van der Waals surface area contributed by atoms with E-state index in [2.05, 4.69) is 10.6 Å². The predicted octanol–water partition coefficient (Wildman–Crippen LogP) is 2.14. The van der Waals surface area contributed by atoms with Gasteiger partial charge in [-0.25, -0.2) is 0 Å². The highest BCUT2D eigenvalue weighted by molar-refractivity contribution is 7.10. The van der Waals surface area contributed by atoms with Gasteiger partial charge in [-0.2, -0.15) is 0 Å². The Bertz CT molecular complexity index is 719. The van der Waals surface area contributed by atoms with E-state index < -0.39 is 5.60 Å². The molecule has 0 aliphatic rings. The Morgan fingerprint density at radius 2 is 1.96 bits per heavy atom. The zero-order valence-corrected chi connectivity index (χ0v) is 14.4. The standard InChI is InChI=1S/C18H20N2O3S/c1-18(23,15-4-3-11-24-15)12-20-16(21)10-7-13-5-8-14(9-6-13)17(22)19-2/h3-11,23H,12H2,1-2H3,(H,19,22)(H,20,21)/b10-7+. The molecule has 1 aromatic carbocycles. The van der Waals surface area contributed by atoms with Gasteiger partial charge in [0.25, 0.3) is 5.91 Å². The molecule has 0 aliphatic heterocycles. The first-order valence-corrected chi connectivity index (χ1v) is 8.35. The molecule has 0 radical (unpaired) electrons. The predicted molar refractivity (Wildman–Crippen MR) is 95.8 cm³/mol. The van der Waals surface area contributed by atoms with Crippen molar-refractivity contribution in [3.05, 3.63) is 63.9 Å². The highest BCUT2D eigenvalue weighted by atomic mass is 32.1. The maximum Gasteiger partial charge on any atom is 0.251 e. The third kappa shape index (κ3) is 4.78. The van der Waals surface area contributed by atoms with Crippen LogP contribution in [0.15, 0.2) is 47.9 Å². The van der Waals surface area contributed by atoms with Crippen molar-refractivity contribution in [1.82, 2.24) is 10.6 Å². The Balaban J connectivity index is 1.90. The minimum Gasteiger partial charge on any atom is -0.383 e. The molecule has 3 N–H and O–H groups in total. The van der Waals surface area contributed by atoms with Crippen molar-refractivity contribution in [3.63, 3.8) is 0 Å². The third-order valence-corrected chi connectivity index (χ3v) is 4.61. The van der Waals surface area contributed by atoms with Gasteiger partial charge in [-0.3, -0.25) is 9.59 Å². The van der Waals surface area contributed by atoms with Crippen LogP contribution in [-0.2, 0) is 10.4 Å². The number of nitrogens with one attached hydrogen (secondary N) is 2.